The number of para-hydroxylation sites is 1. The lowest BCUT2D eigenvalue weighted by Gasteiger charge is -2.11. The van der Waals surface area contributed by atoms with Gasteiger partial charge in [-0.25, -0.2) is 18.4 Å². The highest BCUT2D eigenvalue weighted by Gasteiger charge is 2.15. The molecule has 156 valence electrons. The van der Waals surface area contributed by atoms with E-state index in [0.29, 0.717) is 17.0 Å². The molecule has 0 fully saturated rings. The zero-order chi connectivity index (χ0) is 21.6. The molecule has 0 spiro atoms. The molecule has 0 aliphatic rings. The van der Waals surface area contributed by atoms with E-state index >= 15 is 0 Å². The topological polar surface area (TPSA) is 125 Å². The number of carbonyl (C=O) groups excluding carboxylic acids is 2. The number of amides is 1. The van der Waals surface area contributed by atoms with E-state index in [1.807, 2.05) is 0 Å². The zero-order valence-corrected chi connectivity index (χ0v) is 17.2. The quantitative estimate of drug-likeness (QED) is 0.405. The standard InChI is InChI=1S/C20H18N2O6S2/c21-30(25,26)16-7-5-15(6-8-16)27-10-11-28-20(24)17-3-1-2-4-18(17)22-19(23)14-9-12-29-13-14/h1-9,12-13H,10-11H2,(H,22,23)(H2,21,25,26). The molecule has 0 aliphatic heterocycles. The van der Waals surface area contributed by atoms with Crippen molar-refractivity contribution in [2.45, 2.75) is 4.90 Å². The number of carbonyl (C=O) groups is 2. The van der Waals surface area contributed by atoms with Crippen LogP contribution < -0.4 is 15.2 Å². The first kappa shape index (κ1) is 21.5. The van der Waals surface area contributed by atoms with Crippen molar-refractivity contribution in [1.82, 2.24) is 0 Å². The monoisotopic (exact) mass is 446 g/mol. The largest absolute Gasteiger partial charge is 0.490 e. The van der Waals surface area contributed by atoms with Gasteiger partial charge in [0.15, 0.2) is 0 Å². The summed E-state index contributed by atoms with van der Waals surface area (Å²) >= 11 is 1.40. The molecule has 3 aromatic rings. The van der Waals surface area contributed by atoms with Gasteiger partial charge in [-0.2, -0.15) is 11.3 Å². The first-order chi connectivity index (χ1) is 14.3. The lowest BCUT2D eigenvalue weighted by molar-refractivity contribution is 0.0451. The first-order valence-corrected chi connectivity index (χ1v) is 11.2. The maximum atomic E-state index is 12.4. The summed E-state index contributed by atoms with van der Waals surface area (Å²) in [7, 11) is -3.77. The van der Waals surface area contributed by atoms with Gasteiger partial charge in [-0.3, -0.25) is 4.79 Å². The predicted octanol–water partition coefficient (Wildman–Crippen LogP) is 2.88. The fourth-order valence-corrected chi connectivity index (χ4v) is 3.61. The SMILES string of the molecule is NS(=O)(=O)c1ccc(OCCOC(=O)c2ccccc2NC(=O)c2ccsc2)cc1. The third-order valence-electron chi connectivity index (χ3n) is 3.92. The molecule has 0 atom stereocenters. The van der Waals surface area contributed by atoms with Crippen molar-refractivity contribution in [2.75, 3.05) is 18.5 Å². The summed E-state index contributed by atoms with van der Waals surface area (Å²) < 4.78 is 33.1. The molecule has 0 radical (unpaired) electrons. The van der Waals surface area contributed by atoms with Gasteiger partial charge in [-0.1, -0.05) is 12.1 Å². The molecule has 0 saturated carbocycles. The Morgan fingerprint density at radius 3 is 2.40 bits per heavy atom. The summed E-state index contributed by atoms with van der Waals surface area (Å²) in [5.41, 5.74) is 1.07. The fraction of sp³-hybridized carbons (Fsp3) is 0.100. The average Bonchev–Trinajstić information content (AvgIpc) is 3.26. The molecule has 1 aromatic heterocycles. The van der Waals surface area contributed by atoms with Crippen molar-refractivity contribution >= 4 is 38.9 Å². The van der Waals surface area contributed by atoms with E-state index in [1.54, 1.807) is 41.1 Å². The summed E-state index contributed by atoms with van der Waals surface area (Å²) in [5.74, 6) is -0.519. The van der Waals surface area contributed by atoms with Crippen LogP contribution in [-0.2, 0) is 14.8 Å². The molecule has 3 N–H and O–H groups in total. The van der Waals surface area contributed by atoms with Crippen LogP contribution in [0.4, 0.5) is 5.69 Å². The van der Waals surface area contributed by atoms with Crippen molar-refractivity contribution < 1.29 is 27.5 Å². The summed E-state index contributed by atoms with van der Waals surface area (Å²) in [5, 5.41) is 11.2. The Morgan fingerprint density at radius 2 is 1.73 bits per heavy atom. The second-order valence-corrected chi connectivity index (χ2v) is 8.35. The van der Waals surface area contributed by atoms with Gasteiger partial charge in [0, 0.05) is 5.38 Å². The van der Waals surface area contributed by atoms with Crippen molar-refractivity contribution in [1.29, 1.82) is 0 Å². The van der Waals surface area contributed by atoms with E-state index in [9.17, 15) is 18.0 Å². The summed E-state index contributed by atoms with van der Waals surface area (Å²) in [6.45, 7) is 0.0203. The number of hydrogen-bond acceptors (Lipinski definition) is 7. The van der Waals surface area contributed by atoms with Crippen LogP contribution in [0.15, 0.2) is 70.3 Å². The van der Waals surface area contributed by atoms with E-state index in [2.05, 4.69) is 5.32 Å². The highest BCUT2D eigenvalue weighted by atomic mass is 32.2. The van der Waals surface area contributed by atoms with Gasteiger partial charge >= 0.3 is 5.97 Å². The lowest BCUT2D eigenvalue weighted by Crippen LogP contribution is -2.17. The molecule has 1 amide bonds. The third kappa shape index (κ3) is 5.66. The molecule has 30 heavy (non-hydrogen) atoms. The van der Waals surface area contributed by atoms with Crippen LogP contribution in [0.5, 0.6) is 5.75 Å². The molecule has 3 rings (SSSR count). The lowest BCUT2D eigenvalue weighted by atomic mass is 10.1. The number of benzene rings is 2. The summed E-state index contributed by atoms with van der Waals surface area (Å²) in [6, 6.07) is 13.8. The van der Waals surface area contributed by atoms with Gasteiger partial charge in [-0.05, 0) is 47.8 Å². The van der Waals surface area contributed by atoms with Crippen LogP contribution >= 0.6 is 11.3 Å². The smallest absolute Gasteiger partial charge is 0.340 e. The predicted molar refractivity (Wildman–Crippen MR) is 112 cm³/mol. The molecule has 0 aliphatic carbocycles. The normalized spacial score (nSPS) is 11.0. The Morgan fingerprint density at radius 1 is 1.00 bits per heavy atom. The van der Waals surface area contributed by atoms with Gasteiger partial charge in [0.1, 0.15) is 19.0 Å². The minimum absolute atomic E-state index is 0.0256. The third-order valence-corrected chi connectivity index (χ3v) is 5.53. The van der Waals surface area contributed by atoms with Crippen molar-refractivity contribution in [2.24, 2.45) is 5.14 Å². The number of primary sulfonamides is 1. The van der Waals surface area contributed by atoms with E-state index in [-0.39, 0.29) is 29.6 Å². The van der Waals surface area contributed by atoms with E-state index in [4.69, 9.17) is 14.6 Å². The zero-order valence-electron chi connectivity index (χ0n) is 15.6. The first-order valence-electron chi connectivity index (χ1n) is 8.70. The van der Waals surface area contributed by atoms with Crippen LogP contribution in [0, 0.1) is 0 Å². The molecule has 8 nitrogen and oxygen atoms in total. The molecule has 0 unspecified atom stereocenters. The molecule has 0 bridgehead atoms. The van der Waals surface area contributed by atoms with Crippen LogP contribution in [0.25, 0.3) is 0 Å². The number of anilines is 1. The summed E-state index contributed by atoms with van der Waals surface area (Å²) in [6.07, 6.45) is 0. The molecule has 2 aromatic carbocycles. The fourth-order valence-electron chi connectivity index (χ4n) is 2.46. The highest BCUT2D eigenvalue weighted by Crippen LogP contribution is 2.19. The van der Waals surface area contributed by atoms with Crippen LogP contribution in [-0.4, -0.2) is 33.5 Å². The number of sulfonamides is 1. The van der Waals surface area contributed by atoms with E-state index in [1.165, 1.54) is 35.6 Å². The molecule has 0 saturated heterocycles. The Bertz CT molecular complexity index is 1130. The molecule has 1 heterocycles. The van der Waals surface area contributed by atoms with E-state index in [0.717, 1.165) is 0 Å². The summed E-state index contributed by atoms with van der Waals surface area (Å²) in [4.78, 5) is 24.6. The average molecular weight is 447 g/mol. The number of ether oxygens (including phenoxy) is 2. The maximum Gasteiger partial charge on any atom is 0.340 e. The number of thiophene rings is 1. The van der Waals surface area contributed by atoms with Crippen molar-refractivity contribution in [3.8, 4) is 5.75 Å². The Hall–Kier alpha value is -3.21. The van der Waals surface area contributed by atoms with Crippen LogP contribution in [0.2, 0.25) is 0 Å². The van der Waals surface area contributed by atoms with E-state index < -0.39 is 16.0 Å². The molecular weight excluding hydrogens is 428 g/mol. The van der Waals surface area contributed by atoms with Gasteiger partial charge in [0.25, 0.3) is 5.91 Å². The second-order valence-electron chi connectivity index (χ2n) is 6.01. The Kier molecular flexibility index (Phi) is 6.83. The molecule has 10 heteroatoms. The number of nitrogens with two attached hydrogens (primary N) is 1. The second kappa shape index (κ2) is 9.53. The number of nitrogens with one attached hydrogen (secondary N) is 1. The minimum atomic E-state index is -3.77. The van der Waals surface area contributed by atoms with Crippen molar-refractivity contribution in [3.05, 3.63) is 76.5 Å². The van der Waals surface area contributed by atoms with Crippen molar-refractivity contribution in [3.63, 3.8) is 0 Å². The van der Waals surface area contributed by atoms with Gasteiger partial charge in [0.2, 0.25) is 10.0 Å². The van der Waals surface area contributed by atoms with Crippen LogP contribution in [0.3, 0.4) is 0 Å². The minimum Gasteiger partial charge on any atom is -0.490 e. The van der Waals surface area contributed by atoms with Gasteiger partial charge < -0.3 is 14.8 Å². The number of esters is 1. The van der Waals surface area contributed by atoms with Gasteiger partial charge in [0.05, 0.1) is 21.7 Å². The number of rotatable bonds is 8. The Balaban J connectivity index is 1.53. The van der Waals surface area contributed by atoms with Crippen LogP contribution in [0.1, 0.15) is 20.7 Å². The molecular formula is C20H18N2O6S2. The number of hydrogen-bond donors (Lipinski definition) is 2. The highest BCUT2D eigenvalue weighted by molar-refractivity contribution is 7.89. The van der Waals surface area contributed by atoms with Gasteiger partial charge in [-0.15, -0.1) is 0 Å². The Labute approximate surface area is 177 Å². The maximum absolute atomic E-state index is 12.4.